The standard InChI is InChI=1S/C14H19N5O3/c1-8-5-19(6-11(20-8)14-15-9(2)17-22-14)7-12-16-13(21-18-12)10-3-4-10/h8,10-11H,3-7H2,1-2H3/t8-,11-/m1/s1. The molecule has 2 fully saturated rings. The predicted octanol–water partition coefficient (Wildman–Crippen LogP) is 1.60. The summed E-state index contributed by atoms with van der Waals surface area (Å²) in [5.41, 5.74) is 0. The van der Waals surface area contributed by atoms with Crippen LogP contribution in [0, 0.1) is 6.92 Å². The highest BCUT2D eigenvalue weighted by Gasteiger charge is 2.32. The molecule has 1 saturated heterocycles. The van der Waals surface area contributed by atoms with Gasteiger partial charge in [0.1, 0.15) is 6.10 Å². The Labute approximate surface area is 127 Å². The lowest BCUT2D eigenvalue weighted by Gasteiger charge is -2.34. The zero-order chi connectivity index (χ0) is 15.1. The number of rotatable bonds is 4. The van der Waals surface area contributed by atoms with Gasteiger partial charge in [-0.05, 0) is 26.7 Å². The van der Waals surface area contributed by atoms with Crippen molar-refractivity contribution in [2.75, 3.05) is 13.1 Å². The lowest BCUT2D eigenvalue weighted by molar-refractivity contribution is -0.0936. The Hall–Kier alpha value is -1.80. The van der Waals surface area contributed by atoms with Crippen LogP contribution in [0.4, 0.5) is 0 Å². The number of aromatic nitrogens is 4. The van der Waals surface area contributed by atoms with Crippen LogP contribution in [0.15, 0.2) is 9.05 Å². The average Bonchev–Trinajstić information content (AvgIpc) is 3.08. The maximum Gasteiger partial charge on any atom is 0.257 e. The van der Waals surface area contributed by atoms with Crippen LogP contribution in [0.3, 0.4) is 0 Å². The van der Waals surface area contributed by atoms with Crippen molar-refractivity contribution in [3.8, 4) is 0 Å². The van der Waals surface area contributed by atoms with Crippen LogP contribution in [0.5, 0.6) is 0 Å². The molecule has 22 heavy (non-hydrogen) atoms. The fraction of sp³-hybridized carbons (Fsp3) is 0.714. The van der Waals surface area contributed by atoms with Gasteiger partial charge in [-0.25, -0.2) is 0 Å². The minimum Gasteiger partial charge on any atom is -0.363 e. The Balaban J connectivity index is 1.44. The first-order chi connectivity index (χ1) is 10.7. The van der Waals surface area contributed by atoms with E-state index in [1.54, 1.807) is 6.92 Å². The van der Waals surface area contributed by atoms with Gasteiger partial charge in [0.15, 0.2) is 11.6 Å². The van der Waals surface area contributed by atoms with Gasteiger partial charge in [0.25, 0.3) is 5.89 Å². The summed E-state index contributed by atoms with van der Waals surface area (Å²) in [6.07, 6.45) is 2.20. The minimum atomic E-state index is -0.209. The molecule has 2 aromatic heterocycles. The number of morpholine rings is 1. The Morgan fingerprint density at radius 3 is 2.64 bits per heavy atom. The van der Waals surface area contributed by atoms with Gasteiger partial charge in [0.05, 0.1) is 12.6 Å². The zero-order valence-corrected chi connectivity index (χ0v) is 12.7. The highest BCUT2D eigenvalue weighted by molar-refractivity contribution is 5.02. The molecule has 4 rings (SSSR count). The monoisotopic (exact) mass is 305 g/mol. The third-order valence-corrected chi connectivity index (χ3v) is 3.93. The summed E-state index contributed by atoms with van der Waals surface area (Å²) in [6.45, 7) is 5.98. The fourth-order valence-corrected chi connectivity index (χ4v) is 2.78. The molecule has 0 bridgehead atoms. The molecule has 0 radical (unpaired) electrons. The molecule has 0 unspecified atom stereocenters. The first kappa shape index (κ1) is 13.8. The molecule has 8 nitrogen and oxygen atoms in total. The van der Waals surface area contributed by atoms with Crippen molar-refractivity contribution < 1.29 is 13.8 Å². The summed E-state index contributed by atoms with van der Waals surface area (Å²) in [5.74, 6) is 3.15. The molecule has 0 N–H and O–H groups in total. The second-order valence-electron chi connectivity index (χ2n) is 6.13. The molecule has 8 heteroatoms. The van der Waals surface area contributed by atoms with E-state index in [0.29, 0.717) is 30.7 Å². The molecule has 1 aliphatic heterocycles. The van der Waals surface area contributed by atoms with Crippen molar-refractivity contribution in [1.82, 2.24) is 25.2 Å². The van der Waals surface area contributed by atoms with Crippen molar-refractivity contribution in [2.45, 2.75) is 51.4 Å². The summed E-state index contributed by atoms with van der Waals surface area (Å²) >= 11 is 0. The third-order valence-electron chi connectivity index (χ3n) is 3.93. The summed E-state index contributed by atoms with van der Waals surface area (Å²) < 4.78 is 16.4. The number of hydrogen-bond donors (Lipinski definition) is 0. The van der Waals surface area contributed by atoms with Crippen LogP contribution in [0.2, 0.25) is 0 Å². The molecule has 1 saturated carbocycles. The zero-order valence-electron chi connectivity index (χ0n) is 12.7. The van der Waals surface area contributed by atoms with E-state index < -0.39 is 0 Å². The van der Waals surface area contributed by atoms with Crippen LogP contribution in [-0.4, -0.2) is 44.4 Å². The summed E-state index contributed by atoms with van der Waals surface area (Å²) in [6, 6.07) is 0. The minimum absolute atomic E-state index is 0.0840. The van der Waals surface area contributed by atoms with E-state index in [-0.39, 0.29) is 12.2 Å². The maximum absolute atomic E-state index is 5.90. The third kappa shape index (κ3) is 2.89. The fourth-order valence-electron chi connectivity index (χ4n) is 2.78. The molecule has 1 aliphatic carbocycles. The lowest BCUT2D eigenvalue weighted by atomic mass is 10.2. The summed E-state index contributed by atoms with van der Waals surface area (Å²) in [7, 11) is 0. The number of nitrogens with zero attached hydrogens (tertiary/aromatic N) is 5. The molecule has 118 valence electrons. The molecule has 2 atom stereocenters. The van der Waals surface area contributed by atoms with E-state index in [2.05, 4.69) is 25.2 Å². The lowest BCUT2D eigenvalue weighted by Crippen LogP contribution is -2.42. The predicted molar refractivity (Wildman–Crippen MR) is 73.9 cm³/mol. The first-order valence-electron chi connectivity index (χ1n) is 7.68. The van der Waals surface area contributed by atoms with Gasteiger partial charge in [-0.3, -0.25) is 4.90 Å². The van der Waals surface area contributed by atoms with E-state index >= 15 is 0 Å². The van der Waals surface area contributed by atoms with E-state index in [1.165, 1.54) is 0 Å². The highest BCUT2D eigenvalue weighted by Crippen LogP contribution is 2.38. The van der Waals surface area contributed by atoms with Crippen LogP contribution in [0.25, 0.3) is 0 Å². The molecule has 0 spiro atoms. The Kier molecular flexibility index (Phi) is 3.42. The number of ether oxygens (including phenoxy) is 1. The second-order valence-corrected chi connectivity index (χ2v) is 6.13. The highest BCUT2D eigenvalue weighted by atomic mass is 16.5. The molecular weight excluding hydrogens is 286 g/mol. The van der Waals surface area contributed by atoms with Gasteiger partial charge in [-0.15, -0.1) is 0 Å². The van der Waals surface area contributed by atoms with Gasteiger partial charge in [-0.1, -0.05) is 10.3 Å². The van der Waals surface area contributed by atoms with Crippen LogP contribution >= 0.6 is 0 Å². The quantitative estimate of drug-likeness (QED) is 0.841. The average molecular weight is 305 g/mol. The number of aryl methyl sites for hydroxylation is 1. The Morgan fingerprint density at radius 1 is 1.09 bits per heavy atom. The van der Waals surface area contributed by atoms with E-state index in [1.807, 2.05) is 6.92 Å². The van der Waals surface area contributed by atoms with E-state index in [4.69, 9.17) is 13.8 Å². The maximum atomic E-state index is 5.90. The Bertz CT molecular complexity index is 650. The molecule has 2 aromatic rings. The van der Waals surface area contributed by atoms with Gasteiger partial charge in [-0.2, -0.15) is 9.97 Å². The molecule has 0 amide bonds. The van der Waals surface area contributed by atoms with Gasteiger partial charge >= 0.3 is 0 Å². The van der Waals surface area contributed by atoms with Gasteiger partial charge in [0, 0.05) is 19.0 Å². The van der Waals surface area contributed by atoms with E-state index in [9.17, 15) is 0 Å². The second kappa shape index (κ2) is 5.44. The van der Waals surface area contributed by atoms with Crippen molar-refractivity contribution in [3.63, 3.8) is 0 Å². The topological polar surface area (TPSA) is 90.3 Å². The first-order valence-corrected chi connectivity index (χ1v) is 7.68. The molecule has 0 aromatic carbocycles. The molecular formula is C14H19N5O3. The number of hydrogen-bond acceptors (Lipinski definition) is 8. The smallest absolute Gasteiger partial charge is 0.257 e. The SMILES string of the molecule is Cc1noc([C@H]2CN(Cc3noc(C4CC4)n3)C[C@@H](C)O2)n1. The summed E-state index contributed by atoms with van der Waals surface area (Å²) in [5, 5.41) is 7.91. The molecule has 2 aliphatic rings. The van der Waals surface area contributed by atoms with Crippen LogP contribution < -0.4 is 0 Å². The van der Waals surface area contributed by atoms with Gasteiger partial charge < -0.3 is 13.8 Å². The largest absolute Gasteiger partial charge is 0.363 e. The summed E-state index contributed by atoms with van der Waals surface area (Å²) in [4.78, 5) is 11.0. The van der Waals surface area contributed by atoms with Crippen molar-refractivity contribution in [1.29, 1.82) is 0 Å². The van der Waals surface area contributed by atoms with Crippen LogP contribution in [0.1, 0.15) is 55.2 Å². The van der Waals surface area contributed by atoms with Gasteiger partial charge in [0.2, 0.25) is 5.89 Å². The Morgan fingerprint density at radius 2 is 1.91 bits per heavy atom. The van der Waals surface area contributed by atoms with Crippen molar-refractivity contribution in [3.05, 3.63) is 23.4 Å². The molecule has 3 heterocycles. The van der Waals surface area contributed by atoms with Crippen molar-refractivity contribution >= 4 is 0 Å². The normalized spacial score (nSPS) is 26.5. The van der Waals surface area contributed by atoms with E-state index in [0.717, 1.165) is 31.1 Å². The van der Waals surface area contributed by atoms with Crippen LogP contribution in [-0.2, 0) is 11.3 Å². The van der Waals surface area contributed by atoms with Crippen molar-refractivity contribution in [2.24, 2.45) is 0 Å².